The van der Waals surface area contributed by atoms with Gasteiger partial charge in [-0.1, -0.05) is 19.3 Å². The van der Waals surface area contributed by atoms with E-state index < -0.39 is 0 Å². The Labute approximate surface area is 182 Å². The molecule has 2 saturated heterocycles. The van der Waals surface area contributed by atoms with Crippen molar-refractivity contribution >= 4 is 29.9 Å². The second-order valence-corrected chi connectivity index (χ2v) is 8.38. The Morgan fingerprint density at radius 3 is 2.48 bits per heavy atom. The lowest BCUT2D eigenvalue weighted by Crippen LogP contribution is -2.56. The maximum Gasteiger partial charge on any atom is 0.191 e. The summed E-state index contributed by atoms with van der Waals surface area (Å²) in [5.41, 5.74) is 0.248. The first-order valence-electron chi connectivity index (χ1n) is 10.8. The van der Waals surface area contributed by atoms with Crippen molar-refractivity contribution in [2.75, 3.05) is 66.1 Å². The van der Waals surface area contributed by atoms with Crippen LogP contribution in [0.5, 0.6) is 0 Å². The number of halogens is 1. The van der Waals surface area contributed by atoms with Crippen molar-refractivity contribution in [1.82, 2.24) is 20.4 Å². The quantitative estimate of drug-likeness (QED) is 0.338. The van der Waals surface area contributed by atoms with Gasteiger partial charge in [0, 0.05) is 38.3 Å². The highest BCUT2D eigenvalue weighted by Crippen LogP contribution is 2.34. The van der Waals surface area contributed by atoms with Gasteiger partial charge in [0.05, 0.1) is 19.8 Å². The lowest BCUT2D eigenvalue weighted by atomic mass is 9.80. The number of hydrogen-bond donors (Lipinski definition) is 2. The van der Waals surface area contributed by atoms with Crippen LogP contribution in [-0.4, -0.2) is 87.4 Å². The third kappa shape index (κ3) is 6.72. The fourth-order valence-electron chi connectivity index (χ4n) is 4.82. The molecule has 0 spiro atoms. The van der Waals surface area contributed by atoms with Crippen molar-refractivity contribution < 1.29 is 4.74 Å². The minimum Gasteiger partial charge on any atom is -0.379 e. The molecule has 0 amide bonds. The van der Waals surface area contributed by atoms with Gasteiger partial charge >= 0.3 is 0 Å². The van der Waals surface area contributed by atoms with Gasteiger partial charge in [0.1, 0.15) is 0 Å². The van der Waals surface area contributed by atoms with Gasteiger partial charge in [-0.25, -0.2) is 0 Å². The predicted octanol–water partition coefficient (Wildman–Crippen LogP) is 2.15. The summed E-state index contributed by atoms with van der Waals surface area (Å²) in [6.07, 6.45) is 7.91. The highest BCUT2D eigenvalue weighted by Gasteiger charge is 2.38. The molecule has 3 fully saturated rings. The maximum atomic E-state index is 5.60. The second kappa shape index (κ2) is 11.8. The van der Waals surface area contributed by atoms with E-state index in [2.05, 4.69) is 34.4 Å². The van der Waals surface area contributed by atoms with Gasteiger partial charge in [-0.2, -0.15) is 0 Å². The Morgan fingerprint density at radius 1 is 1.11 bits per heavy atom. The Balaban J connectivity index is 0.00000261. The molecule has 27 heavy (non-hydrogen) atoms. The van der Waals surface area contributed by atoms with Crippen molar-refractivity contribution in [3.05, 3.63) is 0 Å². The zero-order valence-electron chi connectivity index (χ0n) is 17.3. The van der Waals surface area contributed by atoms with Crippen LogP contribution in [0.4, 0.5) is 0 Å². The molecule has 158 valence electrons. The predicted molar refractivity (Wildman–Crippen MR) is 123 cm³/mol. The first kappa shape index (κ1) is 23.2. The molecule has 1 saturated carbocycles. The highest BCUT2D eigenvalue weighted by atomic mass is 127. The van der Waals surface area contributed by atoms with Crippen molar-refractivity contribution in [3.8, 4) is 0 Å². The zero-order valence-corrected chi connectivity index (χ0v) is 19.7. The summed E-state index contributed by atoms with van der Waals surface area (Å²) in [6.45, 7) is 11.3. The topological polar surface area (TPSA) is 52.1 Å². The van der Waals surface area contributed by atoms with Crippen LogP contribution in [0.3, 0.4) is 0 Å². The highest BCUT2D eigenvalue weighted by molar-refractivity contribution is 14.0. The summed E-state index contributed by atoms with van der Waals surface area (Å²) in [6, 6.07) is 0. The molecule has 0 aromatic rings. The third-order valence-corrected chi connectivity index (χ3v) is 6.39. The number of nitrogens with zero attached hydrogens (tertiary/aromatic N) is 3. The molecule has 1 aliphatic carbocycles. The summed E-state index contributed by atoms with van der Waals surface area (Å²) >= 11 is 0. The van der Waals surface area contributed by atoms with Crippen LogP contribution >= 0.6 is 24.0 Å². The second-order valence-electron chi connectivity index (χ2n) is 8.38. The van der Waals surface area contributed by atoms with Crippen LogP contribution in [0.2, 0.25) is 0 Å². The zero-order chi connectivity index (χ0) is 18.2. The first-order chi connectivity index (χ1) is 12.7. The first-order valence-corrected chi connectivity index (χ1v) is 10.8. The monoisotopic (exact) mass is 493 g/mol. The molecular formula is C20H40IN5O. The molecular weight excluding hydrogens is 453 g/mol. The van der Waals surface area contributed by atoms with Gasteiger partial charge in [-0.05, 0) is 45.7 Å². The molecule has 0 radical (unpaired) electrons. The number of likely N-dealkylation sites (tertiary alicyclic amines) is 1. The Kier molecular flexibility index (Phi) is 10.1. The molecule has 1 unspecified atom stereocenters. The van der Waals surface area contributed by atoms with E-state index in [0.717, 1.165) is 57.8 Å². The summed E-state index contributed by atoms with van der Waals surface area (Å²) in [7, 11) is 2.22. The van der Waals surface area contributed by atoms with E-state index >= 15 is 0 Å². The minimum atomic E-state index is 0. The van der Waals surface area contributed by atoms with Gasteiger partial charge in [0.15, 0.2) is 5.96 Å². The van der Waals surface area contributed by atoms with Crippen LogP contribution in [-0.2, 0) is 4.74 Å². The van der Waals surface area contributed by atoms with E-state index in [9.17, 15) is 0 Å². The van der Waals surface area contributed by atoms with Gasteiger partial charge in [0.2, 0.25) is 0 Å². The van der Waals surface area contributed by atoms with Crippen LogP contribution in [0.15, 0.2) is 4.99 Å². The number of hydrogen-bond acceptors (Lipinski definition) is 4. The fourth-order valence-corrected chi connectivity index (χ4v) is 4.82. The standard InChI is InChI=1S/C20H39N5O.HI/c1-3-21-19(22-15-18-7-10-24(2)16-18)23-17-20(8-5-4-6-9-20)25-11-13-26-14-12-25;/h18H,3-17H2,1-2H3,(H2,21,22,23);1H. The van der Waals surface area contributed by atoms with Crippen molar-refractivity contribution in [2.45, 2.75) is 51.0 Å². The van der Waals surface area contributed by atoms with E-state index in [0.29, 0.717) is 0 Å². The fraction of sp³-hybridized carbons (Fsp3) is 0.950. The average molecular weight is 493 g/mol. The van der Waals surface area contributed by atoms with Gasteiger partial charge < -0.3 is 20.3 Å². The molecule has 0 aromatic heterocycles. The molecule has 0 bridgehead atoms. The molecule has 6 nitrogen and oxygen atoms in total. The van der Waals surface area contributed by atoms with Crippen molar-refractivity contribution in [3.63, 3.8) is 0 Å². The number of nitrogens with one attached hydrogen (secondary N) is 2. The SMILES string of the molecule is CCNC(=NCC1(N2CCOCC2)CCCCC1)NCC1CCN(C)C1.I. The van der Waals surface area contributed by atoms with E-state index in [4.69, 9.17) is 9.73 Å². The number of ether oxygens (including phenoxy) is 1. The van der Waals surface area contributed by atoms with E-state index in [1.165, 1.54) is 51.6 Å². The molecule has 1 atom stereocenters. The van der Waals surface area contributed by atoms with Crippen LogP contribution in [0.25, 0.3) is 0 Å². The lowest BCUT2D eigenvalue weighted by Gasteiger charge is -2.47. The van der Waals surface area contributed by atoms with Gasteiger partial charge in [0.25, 0.3) is 0 Å². The van der Waals surface area contributed by atoms with Crippen molar-refractivity contribution in [1.29, 1.82) is 0 Å². The smallest absolute Gasteiger partial charge is 0.191 e. The van der Waals surface area contributed by atoms with Crippen molar-refractivity contribution in [2.24, 2.45) is 10.9 Å². The maximum absolute atomic E-state index is 5.60. The van der Waals surface area contributed by atoms with Gasteiger partial charge in [-0.3, -0.25) is 9.89 Å². The number of rotatable bonds is 6. The molecule has 2 aliphatic heterocycles. The summed E-state index contributed by atoms with van der Waals surface area (Å²) in [4.78, 5) is 10.2. The Morgan fingerprint density at radius 2 is 1.85 bits per heavy atom. The van der Waals surface area contributed by atoms with Gasteiger partial charge in [-0.15, -0.1) is 24.0 Å². The average Bonchev–Trinajstić information content (AvgIpc) is 3.11. The van der Waals surface area contributed by atoms with E-state index in [1.54, 1.807) is 0 Å². The van der Waals surface area contributed by atoms with Crippen LogP contribution in [0, 0.1) is 5.92 Å². The van der Waals surface area contributed by atoms with E-state index in [1.807, 2.05) is 0 Å². The number of aliphatic imine (C=N–C) groups is 1. The molecule has 0 aromatic carbocycles. The minimum absolute atomic E-state index is 0. The Bertz CT molecular complexity index is 450. The summed E-state index contributed by atoms with van der Waals surface area (Å²) in [5, 5.41) is 7.07. The normalized spacial score (nSPS) is 27.2. The lowest BCUT2D eigenvalue weighted by molar-refractivity contribution is -0.0333. The Hall–Kier alpha value is -0.120. The molecule has 2 N–H and O–H groups in total. The van der Waals surface area contributed by atoms with Crippen LogP contribution < -0.4 is 10.6 Å². The number of guanidine groups is 1. The third-order valence-electron chi connectivity index (χ3n) is 6.39. The molecule has 2 heterocycles. The molecule has 3 aliphatic rings. The number of morpholine rings is 1. The molecule has 7 heteroatoms. The summed E-state index contributed by atoms with van der Waals surface area (Å²) in [5.74, 6) is 1.74. The largest absolute Gasteiger partial charge is 0.379 e. The van der Waals surface area contributed by atoms with Crippen LogP contribution in [0.1, 0.15) is 45.4 Å². The molecule has 3 rings (SSSR count). The van der Waals surface area contributed by atoms with E-state index in [-0.39, 0.29) is 29.5 Å². The summed E-state index contributed by atoms with van der Waals surface area (Å²) < 4.78 is 5.60.